The number of hydrogen-bond acceptors (Lipinski definition) is 2. The van der Waals surface area contributed by atoms with Crippen LogP contribution in [-0.4, -0.2) is 11.6 Å². The van der Waals surface area contributed by atoms with Crippen LogP contribution in [0.3, 0.4) is 0 Å². The Morgan fingerprint density at radius 1 is 1.26 bits per heavy atom. The van der Waals surface area contributed by atoms with E-state index in [2.05, 4.69) is 20.4 Å². The first kappa shape index (κ1) is 14.6. The summed E-state index contributed by atoms with van der Waals surface area (Å²) < 4.78 is 5.99. The van der Waals surface area contributed by atoms with E-state index in [0.29, 0.717) is 11.8 Å². The number of ether oxygens (including phenoxy) is 1. The lowest BCUT2D eigenvalue weighted by atomic mass is 9.57. The van der Waals surface area contributed by atoms with Gasteiger partial charge in [-0.15, -0.1) is 0 Å². The van der Waals surface area contributed by atoms with Crippen molar-refractivity contribution in [3.63, 3.8) is 0 Å². The van der Waals surface area contributed by atoms with Gasteiger partial charge < -0.3 is 4.74 Å². The van der Waals surface area contributed by atoms with Crippen molar-refractivity contribution in [1.29, 1.82) is 0 Å². The van der Waals surface area contributed by atoms with Gasteiger partial charge in [-0.05, 0) is 43.9 Å². The van der Waals surface area contributed by atoms with Gasteiger partial charge in [-0.25, -0.2) is 4.79 Å². The van der Waals surface area contributed by atoms with E-state index in [9.17, 15) is 4.79 Å². The van der Waals surface area contributed by atoms with E-state index < -0.39 is 0 Å². The van der Waals surface area contributed by atoms with E-state index in [1.165, 1.54) is 44.6 Å². The molecule has 0 amide bonds. The first-order chi connectivity index (χ1) is 9.17. The van der Waals surface area contributed by atoms with E-state index in [1.54, 1.807) is 0 Å². The number of carbonyl (C=O) groups is 1. The third kappa shape index (κ3) is 2.59. The van der Waals surface area contributed by atoms with Crippen LogP contribution in [0.4, 0.5) is 0 Å². The van der Waals surface area contributed by atoms with Crippen molar-refractivity contribution >= 4 is 5.97 Å². The third-order valence-electron chi connectivity index (χ3n) is 5.62. The Morgan fingerprint density at radius 2 is 2.00 bits per heavy atom. The van der Waals surface area contributed by atoms with Crippen molar-refractivity contribution in [2.45, 2.75) is 70.8 Å². The third-order valence-corrected chi connectivity index (χ3v) is 5.62. The minimum absolute atomic E-state index is 0.219. The predicted octanol–water partition coefficient (Wildman–Crippen LogP) is 4.49. The Hall–Kier alpha value is -0.790. The number of esters is 1. The summed E-state index contributed by atoms with van der Waals surface area (Å²) in [4.78, 5) is 11.8. The molecule has 0 aromatic heterocycles. The van der Waals surface area contributed by atoms with Crippen LogP contribution in [0.1, 0.15) is 65.2 Å². The fourth-order valence-corrected chi connectivity index (χ4v) is 4.72. The largest absolute Gasteiger partial charge is 0.455 e. The standard InChI is InChI=1S/C17H28O2/c1-4-14-12-11-13-9-7-8-10-15(13)17(14,6-3)19-16(18)5-2/h5,13-15H,2,4,6-12H2,1,3H3. The summed E-state index contributed by atoms with van der Waals surface area (Å²) in [5, 5.41) is 0. The van der Waals surface area contributed by atoms with Crippen LogP contribution in [0, 0.1) is 17.8 Å². The molecule has 2 aliphatic carbocycles. The molecule has 0 aromatic carbocycles. The smallest absolute Gasteiger partial charge is 0.330 e. The lowest BCUT2D eigenvalue weighted by Crippen LogP contribution is -2.54. The lowest BCUT2D eigenvalue weighted by molar-refractivity contribution is -0.187. The second-order valence-electron chi connectivity index (χ2n) is 6.27. The Bertz CT molecular complexity index is 336. The van der Waals surface area contributed by atoms with E-state index >= 15 is 0 Å². The second kappa shape index (κ2) is 6.11. The summed E-state index contributed by atoms with van der Waals surface area (Å²) >= 11 is 0. The van der Waals surface area contributed by atoms with Gasteiger partial charge in [0.1, 0.15) is 5.60 Å². The molecule has 0 radical (unpaired) electrons. The highest BCUT2D eigenvalue weighted by Crippen LogP contribution is 2.52. The van der Waals surface area contributed by atoms with E-state index in [1.807, 2.05) is 0 Å². The van der Waals surface area contributed by atoms with E-state index in [4.69, 9.17) is 4.74 Å². The molecular formula is C17H28O2. The Balaban J connectivity index is 2.30. The van der Waals surface area contributed by atoms with Crippen molar-refractivity contribution in [3.05, 3.63) is 12.7 Å². The van der Waals surface area contributed by atoms with Gasteiger partial charge in [0.25, 0.3) is 0 Å². The normalized spacial score (nSPS) is 38.3. The molecule has 2 saturated carbocycles. The summed E-state index contributed by atoms with van der Waals surface area (Å²) in [5.41, 5.74) is -0.219. The molecule has 0 aliphatic heterocycles. The first-order valence-electron chi connectivity index (χ1n) is 8.03. The van der Waals surface area contributed by atoms with Crippen molar-refractivity contribution in [3.8, 4) is 0 Å². The zero-order chi connectivity index (χ0) is 13.9. The fraction of sp³-hybridized carbons (Fsp3) is 0.824. The number of rotatable bonds is 4. The number of hydrogen-bond donors (Lipinski definition) is 0. The maximum atomic E-state index is 11.8. The zero-order valence-corrected chi connectivity index (χ0v) is 12.5. The highest BCUT2D eigenvalue weighted by Gasteiger charge is 2.52. The summed E-state index contributed by atoms with van der Waals surface area (Å²) in [7, 11) is 0. The lowest BCUT2D eigenvalue weighted by Gasteiger charge is -2.53. The molecule has 4 unspecified atom stereocenters. The van der Waals surface area contributed by atoms with Crippen LogP contribution in [0.5, 0.6) is 0 Å². The van der Waals surface area contributed by atoms with Crippen LogP contribution in [0.15, 0.2) is 12.7 Å². The quantitative estimate of drug-likeness (QED) is 0.552. The minimum atomic E-state index is -0.230. The maximum absolute atomic E-state index is 11.8. The molecular weight excluding hydrogens is 236 g/mol. The van der Waals surface area contributed by atoms with E-state index in [0.717, 1.165) is 18.8 Å². The van der Waals surface area contributed by atoms with Gasteiger partial charge in [-0.3, -0.25) is 0 Å². The van der Waals surface area contributed by atoms with Gasteiger partial charge in [0.2, 0.25) is 0 Å². The predicted molar refractivity (Wildman–Crippen MR) is 77.8 cm³/mol. The zero-order valence-electron chi connectivity index (χ0n) is 12.5. The van der Waals surface area contributed by atoms with Gasteiger partial charge in [-0.1, -0.05) is 39.7 Å². The summed E-state index contributed by atoms with van der Waals surface area (Å²) in [6.45, 7) is 8.00. The van der Waals surface area contributed by atoms with Crippen LogP contribution in [-0.2, 0) is 9.53 Å². The molecule has 4 atom stereocenters. The number of carbonyl (C=O) groups excluding carboxylic acids is 1. The molecule has 2 rings (SSSR count). The molecule has 19 heavy (non-hydrogen) atoms. The molecule has 0 bridgehead atoms. The van der Waals surface area contributed by atoms with E-state index in [-0.39, 0.29) is 11.6 Å². The Labute approximate surface area is 117 Å². The summed E-state index contributed by atoms with van der Waals surface area (Å²) in [6, 6.07) is 0. The van der Waals surface area contributed by atoms with Gasteiger partial charge in [0.05, 0.1) is 0 Å². The minimum Gasteiger partial charge on any atom is -0.455 e. The van der Waals surface area contributed by atoms with Crippen LogP contribution >= 0.6 is 0 Å². The average molecular weight is 264 g/mol. The molecule has 2 aliphatic rings. The van der Waals surface area contributed by atoms with Gasteiger partial charge in [-0.2, -0.15) is 0 Å². The summed E-state index contributed by atoms with van der Waals surface area (Å²) in [6.07, 6.45) is 11.2. The van der Waals surface area contributed by atoms with Crippen molar-refractivity contribution < 1.29 is 9.53 Å². The second-order valence-corrected chi connectivity index (χ2v) is 6.27. The highest BCUT2D eigenvalue weighted by molar-refractivity contribution is 5.81. The molecule has 0 saturated heterocycles. The number of fused-ring (bicyclic) bond motifs is 1. The van der Waals surface area contributed by atoms with Crippen molar-refractivity contribution in [1.82, 2.24) is 0 Å². The molecule has 108 valence electrons. The molecule has 2 nitrogen and oxygen atoms in total. The SMILES string of the molecule is C=CC(=O)OC1(CC)C(CC)CCC2CCCCC21. The highest BCUT2D eigenvalue weighted by atomic mass is 16.6. The monoisotopic (exact) mass is 264 g/mol. The Kier molecular flexibility index (Phi) is 4.70. The van der Waals surface area contributed by atoms with Gasteiger partial charge in [0, 0.05) is 12.0 Å². The topological polar surface area (TPSA) is 26.3 Å². The molecule has 2 heteroatoms. The average Bonchev–Trinajstić information content (AvgIpc) is 2.47. The summed E-state index contributed by atoms with van der Waals surface area (Å²) in [5.74, 6) is 1.65. The molecule has 0 N–H and O–H groups in total. The Morgan fingerprint density at radius 3 is 2.63 bits per heavy atom. The fourth-order valence-electron chi connectivity index (χ4n) is 4.72. The van der Waals surface area contributed by atoms with Crippen molar-refractivity contribution in [2.75, 3.05) is 0 Å². The molecule has 0 spiro atoms. The molecule has 0 aromatic rings. The van der Waals surface area contributed by atoms with Gasteiger partial charge in [0.15, 0.2) is 0 Å². The van der Waals surface area contributed by atoms with Crippen LogP contribution in [0.25, 0.3) is 0 Å². The van der Waals surface area contributed by atoms with Crippen molar-refractivity contribution in [2.24, 2.45) is 17.8 Å². The maximum Gasteiger partial charge on any atom is 0.330 e. The first-order valence-corrected chi connectivity index (χ1v) is 8.03. The molecule has 2 fully saturated rings. The van der Waals surface area contributed by atoms with Crippen LogP contribution < -0.4 is 0 Å². The van der Waals surface area contributed by atoms with Crippen LogP contribution in [0.2, 0.25) is 0 Å². The van der Waals surface area contributed by atoms with Gasteiger partial charge >= 0.3 is 5.97 Å². The molecule has 0 heterocycles.